The van der Waals surface area contributed by atoms with Crippen molar-refractivity contribution in [2.45, 2.75) is 32.7 Å². The van der Waals surface area contributed by atoms with Crippen LogP contribution >= 0.6 is 0 Å². The zero-order valence-electron chi connectivity index (χ0n) is 14.0. The molecule has 1 N–H and O–H groups in total. The number of carbonyl (C=O) groups excluding carboxylic acids is 2. The maximum absolute atomic E-state index is 12.2. The van der Waals surface area contributed by atoms with E-state index in [1.54, 1.807) is 12.0 Å². The van der Waals surface area contributed by atoms with E-state index in [1.165, 1.54) is 13.4 Å². The molecule has 8 nitrogen and oxygen atoms in total. The van der Waals surface area contributed by atoms with Crippen molar-refractivity contribution in [3.63, 3.8) is 0 Å². The number of aromatic nitrogens is 1. The van der Waals surface area contributed by atoms with E-state index in [2.05, 4.69) is 22.0 Å². The molecule has 1 rings (SSSR count). The van der Waals surface area contributed by atoms with Crippen LogP contribution in [-0.4, -0.2) is 55.8 Å². The largest absolute Gasteiger partial charge is 0.464 e. The lowest BCUT2D eigenvalue weighted by Crippen LogP contribution is -2.40. The normalized spacial score (nSPS) is 10.4. The van der Waals surface area contributed by atoms with E-state index in [1.807, 2.05) is 0 Å². The molecule has 0 unspecified atom stereocenters. The van der Waals surface area contributed by atoms with Crippen LogP contribution in [0.25, 0.3) is 0 Å². The van der Waals surface area contributed by atoms with Crippen LogP contribution in [0.4, 0.5) is 4.79 Å². The Labute approximate surface area is 136 Å². The second-order valence-corrected chi connectivity index (χ2v) is 4.97. The van der Waals surface area contributed by atoms with E-state index in [-0.39, 0.29) is 24.2 Å². The quantitative estimate of drug-likeness (QED) is 0.520. The molecule has 1 heterocycles. The Morgan fingerprint density at radius 3 is 2.78 bits per heavy atom. The third-order valence-corrected chi connectivity index (χ3v) is 3.14. The molecule has 2 amide bonds. The van der Waals surface area contributed by atoms with Gasteiger partial charge in [-0.2, -0.15) is 0 Å². The van der Waals surface area contributed by atoms with Gasteiger partial charge >= 0.3 is 12.0 Å². The third-order valence-electron chi connectivity index (χ3n) is 3.14. The fraction of sp³-hybridized carbons (Fsp3) is 0.667. The van der Waals surface area contributed by atoms with Crippen molar-refractivity contribution in [3.8, 4) is 0 Å². The van der Waals surface area contributed by atoms with Crippen LogP contribution in [0, 0.1) is 0 Å². The van der Waals surface area contributed by atoms with Gasteiger partial charge in [0.05, 0.1) is 13.7 Å². The van der Waals surface area contributed by atoms with Crippen molar-refractivity contribution in [3.05, 3.63) is 17.8 Å². The smallest absolute Gasteiger partial charge is 0.360 e. The third kappa shape index (κ3) is 6.68. The number of hydrogen-bond donors (Lipinski definition) is 1. The Morgan fingerprint density at radius 2 is 2.13 bits per heavy atom. The molecule has 23 heavy (non-hydrogen) atoms. The van der Waals surface area contributed by atoms with Gasteiger partial charge in [-0.25, -0.2) is 14.6 Å². The van der Waals surface area contributed by atoms with Crippen LogP contribution in [-0.2, 0) is 16.0 Å². The molecular weight excluding hydrogens is 302 g/mol. The molecule has 0 radical (unpaired) electrons. The number of esters is 1. The number of methoxy groups -OCH3 is 2. The second kappa shape index (κ2) is 10.6. The Hall–Kier alpha value is -2.09. The van der Waals surface area contributed by atoms with Crippen molar-refractivity contribution in [2.24, 2.45) is 0 Å². The summed E-state index contributed by atoms with van der Waals surface area (Å²) in [6.07, 6.45) is 3.85. The number of unbranched alkanes of at least 4 members (excludes halogenated alkanes) is 1. The lowest BCUT2D eigenvalue weighted by molar-refractivity contribution is 0.0594. The first-order valence-electron chi connectivity index (χ1n) is 7.66. The highest BCUT2D eigenvalue weighted by Gasteiger charge is 2.18. The summed E-state index contributed by atoms with van der Waals surface area (Å²) in [6.45, 7) is 3.91. The minimum Gasteiger partial charge on any atom is -0.464 e. The molecule has 0 saturated heterocycles. The number of oxazole rings is 1. The number of carbonyl (C=O) groups is 2. The summed E-state index contributed by atoms with van der Waals surface area (Å²) >= 11 is 0. The molecule has 0 aliphatic carbocycles. The molecular formula is C15H25N3O5. The summed E-state index contributed by atoms with van der Waals surface area (Å²) in [4.78, 5) is 29.2. The monoisotopic (exact) mass is 327 g/mol. The van der Waals surface area contributed by atoms with Gasteiger partial charge in [0.15, 0.2) is 5.69 Å². The fourth-order valence-corrected chi connectivity index (χ4v) is 1.88. The lowest BCUT2D eigenvalue weighted by atomic mass is 10.3. The number of ether oxygens (including phenoxy) is 2. The van der Waals surface area contributed by atoms with Crippen LogP contribution in [0.1, 0.15) is 42.6 Å². The number of nitrogens with one attached hydrogen (secondary N) is 1. The standard InChI is InChI=1S/C15H25N3O5/c1-4-5-7-16-15(20)18(8-6-9-21-2)10-13-17-12(11-23-13)14(19)22-3/h11H,4-10H2,1-3H3,(H,16,20). The number of amides is 2. The van der Waals surface area contributed by atoms with Gasteiger partial charge in [0.1, 0.15) is 6.26 Å². The molecule has 0 bridgehead atoms. The van der Waals surface area contributed by atoms with Crippen molar-refractivity contribution >= 4 is 12.0 Å². The predicted molar refractivity (Wildman–Crippen MR) is 83.1 cm³/mol. The summed E-state index contributed by atoms with van der Waals surface area (Å²) in [5, 5.41) is 2.86. The molecule has 8 heteroatoms. The van der Waals surface area contributed by atoms with Crippen LogP contribution in [0.15, 0.2) is 10.7 Å². The SMILES string of the molecule is CCCCNC(=O)N(CCCOC)Cc1nc(C(=O)OC)co1. The zero-order chi connectivity index (χ0) is 17.1. The van der Waals surface area contributed by atoms with Gasteiger partial charge in [0.25, 0.3) is 0 Å². The van der Waals surface area contributed by atoms with Gasteiger partial charge < -0.3 is 24.1 Å². The highest BCUT2D eigenvalue weighted by Crippen LogP contribution is 2.08. The molecule has 0 fully saturated rings. The molecule has 1 aromatic rings. The van der Waals surface area contributed by atoms with Gasteiger partial charge in [0.2, 0.25) is 5.89 Å². The molecule has 0 aromatic carbocycles. The number of hydrogen-bond acceptors (Lipinski definition) is 6. The van der Waals surface area contributed by atoms with Gasteiger partial charge in [-0.15, -0.1) is 0 Å². The molecule has 0 saturated carbocycles. The zero-order valence-corrected chi connectivity index (χ0v) is 14.0. The Kier molecular flexibility index (Phi) is 8.74. The first-order valence-corrected chi connectivity index (χ1v) is 7.66. The summed E-state index contributed by atoms with van der Waals surface area (Å²) in [7, 11) is 2.89. The molecule has 0 atom stereocenters. The first-order chi connectivity index (χ1) is 11.1. The Bertz CT molecular complexity index is 489. The Balaban J connectivity index is 2.65. The molecule has 0 aliphatic rings. The van der Waals surface area contributed by atoms with Crippen molar-refractivity contribution in [1.82, 2.24) is 15.2 Å². The van der Waals surface area contributed by atoms with Crippen LogP contribution < -0.4 is 5.32 Å². The van der Waals surface area contributed by atoms with E-state index in [9.17, 15) is 9.59 Å². The fourth-order valence-electron chi connectivity index (χ4n) is 1.88. The second-order valence-electron chi connectivity index (χ2n) is 4.97. The topological polar surface area (TPSA) is 93.9 Å². The number of rotatable bonds is 10. The average molecular weight is 327 g/mol. The van der Waals surface area contributed by atoms with Crippen LogP contribution in [0.5, 0.6) is 0 Å². The van der Waals surface area contributed by atoms with Crippen molar-refractivity contribution in [1.29, 1.82) is 0 Å². The minimum absolute atomic E-state index is 0.0886. The maximum atomic E-state index is 12.2. The predicted octanol–water partition coefficient (Wildman–Crippen LogP) is 1.81. The molecule has 130 valence electrons. The van der Waals surface area contributed by atoms with Crippen LogP contribution in [0.3, 0.4) is 0 Å². The van der Waals surface area contributed by atoms with Gasteiger partial charge in [-0.1, -0.05) is 13.3 Å². The molecule has 0 spiro atoms. The molecule has 0 aliphatic heterocycles. The van der Waals surface area contributed by atoms with Crippen LogP contribution in [0.2, 0.25) is 0 Å². The maximum Gasteiger partial charge on any atom is 0.360 e. The van der Waals surface area contributed by atoms with Gasteiger partial charge in [-0.05, 0) is 12.8 Å². The summed E-state index contributed by atoms with van der Waals surface area (Å²) in [5.41, 5.74) is 0.0886. The average Bonchev–Trinajstić information content (AvgIpc) is 3.02. The van der Waals surface area contributed by atoms with E-state index < -0.39 is 5.97 Å². The minimum atomic E-state index is -0.571. The van der Waals surface area contributed by atoms with Gasteiger partial charge in [0, 0.05) is 26.8 Å². The Morgan fingerprint density at radius 1 is 1.35 bits per heavy atom. The van der Waals surface area contributed by atoms with E-state index in [0.717, 1.165) is 12.8 Å². The first kappa shape index (κ1) is 19.0. The molecule has 1 aromatic heterocycles. The highest BCUT2D eigenvalue weighted by molar-refractivity contribution is 5.86. The summed E-state index contributed by atoms with van der Waals surface area (Å²) in [6, 6.07) is -0.188. The number of urea groups is 1. The summed E-state index contributed by atoms with van der Waals surface area (Å²) in [5.74, 6) is -0.285. The van der Waals surface area contributed by atoms with E-state index in [4.69, 9.17) is 9.15 Å². The van der Waals surface area contributed by atoms with Gasteiger partial charge in [-0.3, -0.25) is 0 Å². The van der Waals surface area contributed by atoms with E-state index in [0.29, 0.717) is 26.1 Å². The van der Waals surface area contributed by atoms with Crippen molar-refractivity contribution in [2.75, 3.05) is 33.9 Å². The number of nitrogens with zero attached hydrogens (tertiary/aromatic N) is 2. The van der Waals surface area contributed by atoms with E-state index >= 15 is 0 Å². The lowest BCUT2D eigenvalue weighted by Gasteiger charge is -2.21. The summed E-state index contributed by atoms with van der Waals surface area (Å²) < 4.78 is 14.8. The highest BCUT2D eigenvalue weighted by atomic mass is 16.5. The van der Waals surface area contributed by atoms with Crippen molar-refractivity contribution < 1.29 is 23.5 Å².